The summed E-state index contributed by atoms with van der Waals surface area (Å²) < 4.78 is 6.15. The lowest BCUT2D eigenvalue weighted by Crippen LogP contribution is -2.27. The van der Waals surface area contributed by atoms with Gasteiger partial charge in [0.25, 0.3) is 5.91 Å². The van der Waals surface area contributed by atoms with Crippen LogP contribution in [-0.2, 0) is 4.79 Å². The molecule has 0 aliphatic carbocycles. The fraction of sp³-hybridized carbons (Fsp3) is 0.286. The Labute approximate surface area is 125 Å². The number of aryl methyl sites for hydroxylation is 1. The van der Waals surface area contributed by atoms with Gasteiger partial charge in [0, 0.05) is 24.1 Å². The van der Waals surface area contributed by atoms with Gasteiger partial charge >= 0.3 is 6.03 Å². The number of imide groups is 1. The molecule has 106 valence electrons. The first kappa shape index (κ1) is 14.6. The third-order valence-electron chi connectivity index (χ3n) is 3.29. The number of likely N-dealkylation sites (N-methyl/N-ethyl adjacent to an activating group) is 2. The standard InChI is InChI=1S/C14H15BrN2O3/c1-8-5-6-11(20-4)9(12(8)15)7-10-13(18)17(3)14(19)16(10)2/h5-7H,1-4H3/b10-7-. The van der Waals surface area contributed by atoms with Crippen LogP contribution in [-0.4, -0.2) is 42.9 Å². The van der Waals surface area contributed by atoms with Gasteiger partial charge in [-0.25, -0.2) is 4.79 Å². The second kappa shape index (κ2) is 5.28. The molecule has 1 heterocycles. The first-order valence-electron chi connectivity index (χ1n) is 5.99. The zero-order valence-corrected chi connectivity index (χ0v) is 13.3. The smallest absolute Gasteiger partial charge is 0.331 e. The molecule has 1 aromatic carbocycles. The van der Waals surface area contributed by atoms with Gasteiger partial charge in [0.2, 0.25) is 0 Å². The monoisotopic (exact) mass is 338 g/mol. The average Bonchev–Trinajstić information content (AvgIpc) is 2.61. The Kier molecular flexibility index (Phi) is 3.85. The van der Waals surface area contributed by atoms with E-state index in [4.69, 9.17) is 4.74 Å². The lowest BCUT2D eigenvalue weighted by Gasteiger charge is -2.12. The van der Waals surface area contributed by atoms with Crippen molar-refractivity contribution in [3.05, 3.63) is 33.4 Å². The lowest BCUT2D eigenvalue weighted by atomic mass is 10.1. The number of benzene rings is 1. The summed E-state index contributed by atoms with van der Waals surface area (Å²) in [6.07, 6.45) is 1.67. The molecule has 0 radical (unpaired) electrons. The Morgan fingerprint density at radius 3 is 2.35 bits per heavy atom. The molecular formula is C14H15BrN2O3. The summed E-state index contributed by atoms with van der Waals surface area (Å²) in [7, 11) is 4.60. The highest BCUT2D eigenvalue weighted by molar-refractivity contribution is 9.10. The van der Waals surface area contributed by atoms with Crippen LogP contribution in [0.15, 0.2) is 22.3 Å². The van der Waals surface area contributed by atoms with Crippen LogP contribution in [0.5, 0.6) is 5.75 Å². The summed E-state index contributed by atoms with van der Waals surface area (Å²) in [4.78, 5) is 26.3. The third-order valence-corrected chi connectivity index (χ3v) is 4.35. The van der Waals surface area contributed by atoms with Crippen LogP contribution in [0.4, 0.5) is 4.79 Å². The van der Waals surface area contributed by atoms with Crippen molar-refractivity contribution in [2.45, 2.75) is 6.92 Å². The highest BCUT2D eigenvalue weighted by atomic mass is 79.9. The van der Waals surface area contributed by atoms with Crippen molar-refractivity contribution < 1.29 is 14.3 Å². The minimum absolute atomic E-state index is 0.321. The maximum absolute atomic E-state index is 12.1. The molecule has 0 aromatic heterocycles. The number of urea groups is 1. The number of carbonyl (C=O) groups is 2. The second-order valence-electron chi connectivity index (χ2n) is 4.55. The fourth-order valence-electron chi connectivity index (χ4n) is 2.02. The molecule has 0 spiro atoms. The zero-order chi connectivity index (χ0) is 15.0. The maximum Gasteiger partial charge on any atom is 0.331 e. The normalized spacial score (nSPS) is 17.4. The molecule has 1 fully saturated rings. The molecule has 0 N–H and O–H groups in total. The minimum Gasteiger partial charge on any atom is -0.496 e. The van der Waals surface area contributed by atoms with Crippen molar-refractivity contribution in [3.63, 3.8) is 0 Å². The van der Waals surface area contributed by atoms with Gasteiger partial charge in [-0.2, -0.15) is 0 Å². The van der Waals surface area contributed by atoms with Gasteiger partial charge < -0.3 is 4.74 Å². The van der Waals surface area contributed by atoms with Gasteiger partial charge in [0.15, 0.2) is 0 Å². The van der Waals surface area contributed by atoms with Crippen molar-refractivity contribution in [3.8, 4) is 5.75 Å². The van der Waals surface area contributed by atoms with E-state index in [2.05, 4.69) is 15.9 Å². The Hall–Kier alpha value is -1.82. The van der Waals surface area contributed by atoms with Crippen LogP contribution < -0.4 is 4.74 Å². The number of ether oxygens (including phenoxy) is 1. The maximum atomic E-state index is 12.1. The average molecular weight is 339 g/mol. The molecule has 3 amide bonds. The zero-order valence-electron chi connectivity index (χ0n) is 11.7. The largest absolute Gasteiger partial charge is 0.496 e. The van der Waals surface area contributed by atoms with Gasteiger partial charge in [0.1, 0.15) is 11.4 Å². The minimum atomic E-state index is -0.344. The fourth-order valence-corrected chi connectivity index (χ4v) is 2.46. The van der Waals surface area contributed by atoms with Crippen LogP contribution in [0.1, 0.15) is 11.1 Å². The summed E-state index contributed by atoms with van der Waals surface area (Å²) in [5.74, 6) is 0.311. The van der Waals surface area contributed by atoms with Crippen molar-refractivity contribution in [2.75, 3.05) is 21.2 Å². The Bertz CT molecular complexity index is 625. The number of hydrogen-bond donors (Lipinski definition) is 0. The van der Waals surface area contributed by atoms with Gasteiger partial charge in [-0.05, 0) is 40.6 Å². The van der Waals surface area contributed by atoms with Gasteiger partial charge in [-0.3, -0.25) is 14.6 Å². The van der Waals surface area contributed by atoms with Crippen molar-refractivity contribution >= 4 is 33.9 Å². The number of amides is 3. The van der Waals surface area contributed by atoms with Gasteiger partial charge in [0.05, 0.1) is 7.11 Å². The summed E-state index contributed by atoms with van der Waals surface area (Å²) in [6, 6.07) is 3.41. The predicted molar refractivity (Wildman–Crippen MR) is 79.3 cm³/mol. The number of carbonyl (C=O) groups excluding carboxylic acids is 2. The first-order chi connectivity index (χ1) is 9.38. The Morgan fingerprint density at radius 2 is 1.85 bits per heavy atom. The molecular weight excluding hydrogens is 324 g/mol. The molecule has 0 saturated carbocycles. The third kappa shape index (κ3) is 2.20. The van der Waals surface area contributed by atoms with Crippen LogP contribution in [0.2, 0.25) is 0 Å². The van der Waals surface area contributed by atoms with E-state index >= 15 is 0 Å². The van der Waals surface area contributed by atoms with Crippen LogP contribution in [0, 0.1) is 6.92 Å². The van der Waals surface area contributed by atoms with E-state index in [1.54, 1.807) is 20.2 Å². The molecule has 5 nitrogen and oxygen atoms in total. The van der Waals surface area contributed by atoms with Crippen molar-refractivity contribution in [1.82, 2.24) is 9.80 Å². The van der Waals surface area contributed by atoms with E-state index in [9.17, 15) is 9.59 Å². The number of halogens is 1. The second-order valence-corrected chi connectivity index (χ2v) is 5.34. The number of rotatable bonds is 2. The predicted octanol–water partition coefficient (Wildman–Crippen LogP) is 2.63. The molecule has 0 bridgehead atoms. The van der Waals surface area contributed by atoms with E-state index in [0.717, 1.165) is 20.5 Å². The quantitative estimate of drug-likeness (QED) is 0.615. The molecule has 1 saturated heterocycles. The van der Waals surface area contributed by atoms with Gasteiger partial charge in [-0.1, -0.05) is 6.07 Å². The molecule has 1 aromatic rings. The highest BCUT2D eigenvalue weighted by Crippen LogP contribution is 2.33. The number of hydrogen-bond acceptors (Lipinski definition) is 3. The van der Waals surface area contributed by atoms with Crippen LogP contribution in [0.3, 0.4) is 0 Å². The van der Waals surface area contributed by atoms with E-state index < -0.39 is 0 Å². The molecule has 1 aliphatic rings. The van der Waals surface area contributed by atoms with E-state index in [1.807, 2.05) is 19.1 Å². The number of nitrogens with zero attached hydrogens (tertiary/aromatic N) is 2. The first-order valence-corrected chi connectivity index (χ1v) is 6.78. The highest BCUT2D eigenvalue weighted by Gasteiger charge is 2.36. The molecule has 0 unspecified atom stereocenters. The lowest BCUT2D eigenvalue weighted by molar-refractivity contribution is -0.122. The summed E-state index contributed by atoms with van der Waals surface area (Å²) >= 11 is 3.50. The van der Waals surface area contributed by atoms with Gasteiger partial charge in [-0.15, -0.1) is 0 Å². The SMILES string of the molecule is COc1ccc(C)c(Br)c1/C=C1/C(=O)N(C)C(=O)N1C. The molecule has 1 aliphatic heterocycles. The summed E-state index contributed by atoms with van der Waals surface area (Å²) in [6.45, 7) is 1.95. The topological polar surface area (TPSA) is 49.9 Å². The van der Waals surface area contributed by atoms with Crippen molar-refractivity contribution in [1.29, 1.82) is 0 Å². The molecule has 0 atom stereocenters. The Morgan fingerprint density at radius 1 is 1.20 bits per heavy atom. The molecule has 2 rings (SSSR count). The summed E-state index contributed by atoms with van der Waals surface area (Å²) in [5, 5.41) is 0. The van der Waals surface area contributed by atoms with E-state index in [-0.39, 0.29) is 11.9 Å². The number of methoxy groups -OCH3 is 1. The Balaban J connectivity index is 2.59. The summed E-state index contributed by atoms with van der Waals surface area (Å²) in [5.41, 5.74) is 2.08. The molecule has 20 heavy (non-hydrogen) atoms. The van der Waals surface area contributed by atoms with Crippen LogP contribution in [0.25, 0.3) is 6.08 Å². The van der Waals surface area contributed by atoms with E-state index in [1.165, 1.54) is 11.9 Å². The van der Waals surface area contributed by atoms with E-state index in [0.29, 0.717) is 11.4 Å². The molecule has 6 heteroatoms. The van der Waals surface area contributed by atoms with Crippen molar-refractivity contribution in [2.24, 2.45) is 0 Å². The van der Waals surface area contributed by atoms with Crippen LogP contribution >= 0.6 is 15.9 Å².